The summed E-state index contributed by atoms with van der Waals surface area (Å²) in [4.78, 5) is 11.0. The van der Waals surface area contributed by atoms with Crippen molar-refractivity contribution in [1.82, 2.24) is 19.1 Å². The van der Waals surface area contributed by atoms with Gasteiger partial charge in [-0.05, 0) is 116 Å². The fraction of sp³-hybridized carbons (Fsp3) is 0.208. The normalized spacial score (nSPS) is 19.6. The largest absolute Gasteiger partial charge is 0.313 e. The smallest absolute Gasteiger partial charge is 0.235 e. The average molecular weight is 671 g/mol. The van der Waals surface area contributed by atoms with E-state index in [0.717, 1.165) is 66.6 Å². The van der Waals surface area contributed by atoms with Crippen LogP contribution in [0, 0.1) is 0 Å². The van der Waals surface area contributed by atoms with Crippen molar-refractivity contribution in [2.75, 3.05) is 0 Å². The second-order valence-electron chi connectivity index (χ2n) is 15.4. The molecule has 2 unspecified atom stereocenters. The van der Waals surface area contributed by atoms with E-state index in [1.54, 1.807) is 0 Å². The van der Waals surface area contributed by atoms with Crippen molar-refractivity contribution in [3.05, 3.63) is 155 Å². The van der Waals surface area contributed by atoms with E-state index in [9.17, 15) is 0 Å². The van der Waals surface area contributed by atoms with E-state index in [1.165, 1.54) is 85.1 Å². The molecule has 0 amide bonds. The van der Waals surface area contributed by atoms with E-state index in [1.807, 2.05) is 0 Å². The topological polar surface area (TPSA) is 35.6 Å². The number of rotatable bonds is 3. The molecule has 7 aromatic rings. The lowest BCUT2D eigenvalue weighted by atomic mass is 9.73. The van der Waals surface area contributed by atoms with Gasteiger partial charge in [-0.15, -0.1) is 0 Å². The third-order valence-corrected chi connectivity index (χ3v) is 12.5. The van der Waals surface area contributed by atoms with Gasteiger partial charge in [-0.2, -0.15) is 0 Å². The van der Waals surface area contributed by atoms with Crippen molar-refractivity contribution in [3.63, 3.8) is 0 Å². The van der Waals surface area contributed by atoms with Crippen LogP contribution >= 0.6 is 0 Å². The number of para-hydroxylation sites is 1. The fourth-order valence-corrected chi connectivity index (χ4v) is 10.1. The van der Waals surface area contributed by atoms with Crippen LogP contribution in [0.5, 0.6) is 0 Å². The lowest BCUT2D eigenvalue weighted by Gasteiger charge is -2.33. The zero-order valence-electron chi connectivity index (χ0n) is 29.1. The Morgan fingerprint density at radius 3 is 2.21 bits per heavy atom. The van der Waals surface area contributed by atoms with Gasteiger partial charge in [0.1, 0.15) is 0 Å². The summed E-state index contributed by atoms with van der Waals surface area (Å²) in [6.45, 7) is 0. The molecule has 0 N–H and O–H groups in total. The van der Waals surface area contributed by atoms with Gasteiger partial charge in [0, 0.05) is 50.5 Å². The molecule has 3 heterocycles. The Labute approximate surface area is 303 Å². The van der Waals surface area contributed by atoms with Crippen LogP contribution in [0.3, 0.4) is 0 Å². The number of allylic oxidation sites excluding steroid dienone is 8. The highest BCUT2D eigenvalue weighted by Crippen LogP contribution is 2.58. The van der Waals surface area contributed by atoms with Crippen molar-refractivity contribution in [3.8, 4) is 28.5 Å². The summed E-state index contributed by atoms with van der Waals surface area (Å²) in [5.74, 6) is 1.17. The van der Waals surface area contributed by atoms with Crippen LogP contribution in [-0.2, 0) is 25.7 Å². The SMILES string of the molecule is C1=CC2c3c(n(-c4nc(-c5ccccc5)c5ccccc5n4)c4cc5c(cc34)CCC5)-c3c(n(C4=CCCCC=C4)c4cc5c(cc34)CC5)C2C=C1. The van der Waals surface area contributed by atoms with E-state index < -0.39 is 0 Å². The monoisotopic (exact) mass is 670 g/mol. The summed E-state index contributed by atoms with van der Waals surface area (Å²) in [6.07, 6.45) is 26.0. The maximum Gasteiger partial charge on any atom is 0.235 e. The number of aromatic nitrogens is 4. The van der Waals surface area contributed by atoms with Crippen molar-refractivity contribution >= 4 is 38.4 Å². The predicted molar refractivity (Wildman–Crippen MR) is 213 cm³/mol. The van der Waals surface area contributed by atoms with E-state index >= 15 is 0 Å². The van der Waals surface area contributed by atoms with Crippen molar-refractivity contribution in [1.29, 1.82) is 0 Å². The molecule has 4 aromatic carbocycles. The molecule has 250 valence electrons. The molecule has 4 heteroatoms. The quantitative estimate of drug-likeness (QED) is 0.188. The minimum atomic E-state index is 0.201. The standard InChI is InChI=1S/C48H38N4/c1-2-7-18-34(17-6-1)51-41-28-33-24-23-32(33)26-39(41)44-46(51)36-20-9-8-19-35(36)43-38-25-30-15-12-16-31(30)27-42(38)52(47(43)44)48-49-40-22-11-10-21-37(40)45(50-48)29-13-4-3-5-14-29/h3-6,8-11,13-14,17-22,25-28,35-36H,1-2,7,12,15-16,23-24H2. The van der Waals surface area contributed by atoms with Gasteiger partial charge >= 0.3 is 0 Å². The highest BCUT2D eigenvalue weighted by Gasteiger charge is 2.42. The number of hydrogen-bond donors (Lipinski definition) is 0. The number of benzene rings is 4. The number of fused-ring (bicyclic) bond motifs is 13. The highest BCUT2D eigenvalue weighted by atomic mass is 15.2. The Kier molecular flexibility index (Phi) is 6.05. The molecule has 3 aromatic heterocycles. The van der Waals surface area contributed by atoms with Gasteiger partial charge in [-0.3, -0.25) is 4.57 Å². The van der Waals surface area contributed by atoms with Gasteiger partial charge in [0.05, 0.1) is 27.9 Å². The van der Waals surface area contributed by atoms with Crippen LogP contribution in [0.2, 0.25) is 0 Å². The Hall–Kier alpha value is -5.74. The maximum absolute atomic E-state index is 5.56. The molecule has 0 spiro atoms. The zero-order valence-corrected chi connectivity index (χ0v) is 29.1. The molecule has 0 fully saturated rings. The molecular weight excluding hydrogens is 633 g/mol. The zero-order chi connectivity index (χ0) is 33.9. The molecular formula is C48H38N4. The van der Waals surface area contributed by atoms with E-state index in [4.69, 9.17) is 9.97 Å². The summed E-state index contributed by atoms with van der Waals surface area (Å²) in [7, 11) is 0. The van der Waals surface area contributed by atoms with Crippen LogP contribution < -0.4 is 0 Å². The lowest BCUT2D eigenvalue weighted by molar-refractivity contribution is 0.690. The first-order valence-corrected chi connectivity index (χ1v) is 19.3. The Bertz CT molecular complexity index is 2800. The second-order valence-corrected chi connectivity index (χ2v) is 15.4. The van der Waals surface area contributed by atoms with Crippen LogP contribution in [0.15, 0.2) is 121 Å². The Balaban J connectivity index is 1.27. The van der Waals surface area contributed by atoms with E-state index in [2.05, 4.69) is 131 Å². The first-order valence-electron chi connectivity index (χ1n) is 19.3. The van der Waals surface area contributed by atoms with Crippen LogP contribution in [0.25, 0.3) is 66.9 Å². The molecule has 0 bridgehead atoms. The highest BCUT2D eigenvalue weighted by molar-refractivity contribution is 6.08. The van der Waals surface area contributed by atoms with E-state index in [0.29, 0.717) is 0 Å². The van der Waals surface area contributed by atoms with Crippen molar-refractivity contribution < 1.29 is 0 Å². The molecule has 5 aliphatic carbocycles. The van der Waals surface area contributed by atoms with Gasteiger partial charge in [0.25, 0.3) is 0 Å². The molecule has 4 nitrogen and oxygen atoms in total. The van der Waals surface area contributed by atoms with Gasteiger partial charge in [0.2, 0.25) is 5.95 Å². The van der Waals surface area contributed by atoms with E-state index in [-0.39, 0.29) is 11.8 Å². The Morgan fingerprint density at radius 1 is 0.615 bits per heavy atom. The van der Waals surface area contributed by atoms with Gasteiger partial charge in [-0.25, -0.2) is 9.97 Å². The summed E-state index contributed by atoms with van der Waals surface area (Å²) in [5.41, 5.74) is 18.3. The maximum atomic E-state index is 5.56. The second kappa shape index (κ2) is 10.9. The molecule has 52 heavy (non-hydrogen) atoms. The van der Waals surface area contributed by atoms with Crippen LogP contribution in [0.1, 0.15) is 71.0 Å². The molecule has 0 radical (unpaired) electrons. The molecule has 2 atom stereocenters. The van der Waals surface area contributed by atoms with Crippen molar-refractivity contribution in [2.45, 2.75) is 63.2 Å². The number of nitrogens with zero attached hydrogens (tertiary/aromatic N) is 4. The predicted octanol–water partition coefficient (Wildman–Crippen LogP) is 11.3. The third kappa shape index (κ3) is 3.98. The van der Waals surface area contributed by atoms with Gasteiger partial charge in [-0.1, -0.05) is 85.0 Å². The average Bonchev–Trinajstić information content (AvgIpc) is 3.79. The van der Waals surface area contributed by atoms with Gasteiger partial charge in [0.15, 0.2) is 0 Å². The summed E-state index contributed by atoms with van der Waals surface area (Å²) < 4.78 is 5.12. The third-order valence-electron chi connectivity index (χ3n) is 12.5. The molecule has 0 saturated carbocycles. The van der Waals surface area contributed by atoms with Gasteiger partial charge < -0.3 is 4.57 Å². The summed E-state index contributed by atoms with van der Waals surface area (Å²) >= 11 is 0. The Morgan fingerprint density at radius 2 is 1.35 bits per heavy atom. The van der Waals surface area contributed by atoms with Crippen LogP contribution in [-0.4, -0.2) is 19.1 Å². The van der Waals surface area contributed by atoms with Crippen LogP contribution in [0.4, 0.5) is 0 Å². The first kappa shape index (κ1) is 28.9. The molecule has 12 rings (SSSR count). The summed E-state index contributed by atoms with van der Waals surface area (Å²) in [5, 5.41) is 3.79. The number of aryl methyl sites for hydroxylation is 4. The lowest BCUT2D eigenvalue weighted by Crippen LogP contribution is -2.20. The van der Waals surface area contributed by atoms with Crippen molar-refractivity contribution in [2.24, 2.45) is 0 Å². The first-order chi connectivity index (χ1) is 25.8. The molecule has 5 aliphatic rings. The number of hydrogen-bond acceptors (Lipinski definition) is 2. The minimum absolute atomic E-state index is 0.201. The summed E-state index contributed by atoms with van der Waals surface area (Å²) in [6, 6.07) is 29.3. The molecule has 0 aliphatic heterocycles. The fourth-order valence-electron chi connectivity index (χ4n) is 10.1. The minimum Gasteiger partial charge on any atom is -0.313 e. The molecule has 0 saturated heterocycles.